The summed E-state index contributed by atoms with van der Waals surface area (Å²) in [6.07, 6.45) is 3.66. The van der Waals surface area contributed by atoms with Crippen LogP contribution in [0.4, 0.5) is 0 Å². The van der Waals surface area contributed by atoms with E-state index in [0.717, 1.165) is 44.2 Å². The van der Waals surface area contributed by atoms with E-state index in [9.17, 15) is 0 Å². The summed E-state index contributed by atoms with van der Waals surface area (Å²) in [4.78, 5) is 2.42. The van der Waals surface area contributed by atoms with Crippen molar-refractivity contribution in [1.82, 2.24) is 19.7 Å². The fraction of sp³-hybridized carbons (Fsp3) is 0.867. The first-order valence-corrected chi connectivity index (χ1v) is 7.87. The Balaban J connectivity index is 1.70. The van der Waals surface area contributed by atoms with Gasteiger partial charge in [0.05, 0.1) is 24.9 Å². The maximum Gasteiger partial charge on any atom is 0.147 e. The second-order valence-electron chi connectivity index (χ2n) is 6.77. The monoisotopic (exact) mass is 294 g/mol. The van der Waals surface area contributed by atoms with Gasteiger partial charge in [-0.2, -0.15) is 0 Å². The SMILES string of the molecule is COC[C@@H]1CN(Cc2nnc3n2CCCC3)CC(C)(C)O1. The molecule has 2 aliphatic rings. The zero-order valence-electron chi connectivity index (χ0n) is 13.3. The Bertz CT molecular complexity index is 486. The lowest BCUT2D eigenvalue weighted by Crippen LogP contribution is -2.53. The lowest BCUT2D eigenvalue weighted by Gasteiger charge is -2.42. The Labute approximate surface area is 126 Å². The Hall–Kier alpha value is -0.980. The molecule has 1 aromatic rings. The second-order valence-corrected chi connectivity index (χ2v) is 6.77. The van der Waals surface area contributed by atoms with Crippen LogP contribution in [-0.2, 0) is 29.0 Å². The van der Waals surface area contributed by atoms with Crippen molar-refractivity contribution < 1.29 is 9.47 Å². The van der Waals surface area contributed by atoms with Crippen molar-refractivity contribution in [2.75, 3.05) is 26.8 Å². The second kappa shape index (κ2) is 6.02. The molecule has 0 radical (unpaired) electrons. The predicted molar refractivity (Wildman–Crippen MR) is 79.1 cm³/mol. The summed E-state index contributed by atoms with van der Waals surface area (Å²) in [5, 5.41) is 8.75. The molecule has 0 amide bonds. The molecule has 0 spiro atoms. The van der Waals surface area contributed by atoms with E-state index in [1.54, 1.807) is 7.11 Å². The van der Waals surface area contributed by atoms with Gasteiger partial charge in [-0.3, -0.25) is 4.90 Å². The molecule has 6 nitrogen and oxygen atoms in total. The third kappa shape index (κ3) is 3.44. The molecule has 0 aliphatic carbocycles. The van der Waals surface area contributed by atoms with Crippen molar-refractivity contribution in [2.45, 2.75) is 57.9 Å². The van der Waals surface area contributed by atoms with Crippen molar-refractivity contribution in [3.05, 3.63) is 11.6 Å². The molecule has 1 aromatic heterocycles. The summed E-state index contributed by atoms with van der Waals surface area (Å²) in [6.45, 7) is 8.63. The molecule has 0 bridgehead atoms. The van der Waals surface area contributed by atoms with Crippen molar-refractivity contribution >= 4 is 0 Å². The summed E-state index contributed by atoms with van der Waals surface area (Å²) >= 11 is 0. The van der Waals surface area contributed by atoms with Crippen LogP contribution in [0.1, 0.15) is 38.3 Å². The van der Waals surface area contributed by atoms with Crippen LogP contribution in [-0.4, -0.2) is 58.2 Å². The summed E-state index contributed by atoms with van der Waals surface area (Å²) < 4.78 is 13.6. The summed E-state index contributed by atoms with van der Waals surface area (Å²) in [5.41, 5.74) is -0.147. The molecule has 0 N–H and O–H groups in total. The highest BCUT2D eigenvalue weighted by Gasteiger charge is 2.34. The van der Waals surface area contributed by atoms with Crippen LogP contribution in [0.2, 0.25) is 0 Å². The van der Waals surface area contributed by atoms with Gasteiger partial charge in [0.2, 0.25) is 0 Å². The molecule has 118 valence electrons. The predicted octanol–water partition coefficient (Wildman–Crippen LogP) is 1.24. The quantitative estimate of drug-likeness (QED) is 0.836. The molecule has 0 saturated carbocycles. The van der Waals surface area contributed by atoms with Gasteiger partial charge in [0.25, 0.3) is 0 Å². The molecule has 0 unspecified atom stereocenters. The molecule has 1 saturated heterocycles. The van der Waals surface area contributed by atoms with Crippen LogP contribution >= 0.6 is 0 Å². The fourth-order valence-electron chi connectivity index (χ4n) is 3.50. The van der Waals surface area contributed by atoms with Gasteiger partial charge in [-0.15, -0.1) is 10.2 Å². The third-order valence-corrected chi connectivity index (χ3v) is 4.21. The van der Waals surface area contributed by atoms with Gasteiger partial charge >= 0.3 is 0 Å². The zero-order chi connectivity index (χ0) is 14.9. The van der Waals surface area contributed by atoms with E-state index in [1.807, 2.05) is 0 Å². The van der Waals surface area contributed by atoms with E-state index in [4.69, 9.17) is 9.47 Å². The Kier molecular flexibility index (Phi) is 4.28. The largest absolute Gasteiger partial charge is 0.382 e. The lowest BCUT2D eigenvalue weighted by atomic mass is 10.1. The summed E-state index contributed by atoms with van der Waals surface area (Å²) in [7, 11) is 1.73. The van der Waals surface area contributed by atoms with Crippen LogP contribution in [0.3, 0.4) is 0 Å². The molecule has 2 aliphatic heterocycles. The molecule has 21 heavy (non-hydrogen) atoms. The maximum atomic E-state index is 6.07. The van der Waals surface area contributed by atoms with Gasteiger partial charge in [-0.25, -0.2) is 0 Å². The molecule has 3 rings (SSSR count). The molecule has 1 atom stereocenters. The number of hydrogen-bond acceptors (Lipinski definition) is 5. The van der Waals surface area contributed by atoms with Gasteiger partial charge in [0, 0.05) is 33.2 Å². The summed E-state index contributed by atoms with van der Waals surface area (Å²) in [5.74, 6) is 2.25. The number of morpholine rings is 1. The highest BCUT2D eigenvalue weighted by atomic mass is 16.5. The topological polar surface area (TPSA) is 52.4 Å². The number of aryl methyl sites for hydroxylation is 1. The van der Waals surface area contributed by atoms with Crippen LogP contribution in [0.25, 0.3) is 0 Å². The van der Waals surface area contributed by atoms with Crippen LogP contribution in [0, 0.1) is 0 Å². The van der Waals surface area contributed by atoms with E-state index >= 15 is 0 Å². The van der Waals surface area contributed by atoms with Gasteiger partial charge in [-0.05, 0) is 26.7 Å². The number of nitrogens with zero attached hydrogens (tertiary/aromatic N) is 4. The van der Waals surface area contributed by atoms with Gasteiger partial charge in [0.1, 0.15) is 11.6 Å². The molecular formula is C15H26N4O2. The minimum Gasteiger partial charge on any atom is -0.382 e. The number of fused-ring (bicyclic) bond motifs is 1. The van der Waals surface area contributed by atoms with E-state index in [0.29, 0.717) is 6.61 Å². The van der Waals surface area contributed by atoms with E-state index in [-0.39, 0.29) is 11.7 Å². The van der Waals surface area contributed by atoms with Gasteiger partial charge in [0.15, 0.2) is 0 Å². The average Bonchev–Trinajstić information content (AvgIpc) is 2.81. The Morgan fingerprint density at radius 1 is 1.33 bits per heavy atom. The van der Waals surface area contributed by atoms with E-state index in [2.05, 4.69) is 33.5 Å². The number of rotatable bonds is 4. The van der Waals surface area contributed by atoms with Crippen molar-refractivity contribution in [2.24, 2.45) is 0 Å². The molecular weight excluding hydrogens is 268 g/mol. The minimum absolute atomic E-state index is 0.127. The van der Waals surface area contributed by atoms with Crippen LogP contribution in [0.5, 0.6) is 0 Å². The van der Waals surface area contributed by atoms with Gasteiger partial charge in [-0.1, -0.05) is 0 Å². The molecule has 6 heteroatoms. The van der Waals surface area contributed by atoms with E-state index in [1.165, 1.54) is 12.8 Å². The molecule has 3 heterocycles. The third-order valence-electron chi connectivity index (χ3n) is 4.21. The maximum absolute atomic E-state index is 6.07. The van der Waals surface area contributed by atoms with Crippen LogP contribution < -0.4 is 0 Å². The Morgan fingerprint density at radius 3 is 3.00 bits per heavy atom. The zero-order valence-corrected chi connectivity index (χ0v) is 13.3. The van der Waals surface area contributed by atoms with E-state index < -0.39 is 0 Å². The standard InChI is InChI=1S/C15H26N4O2/c1-15(2)11-18(8-12(21-15)10-20-3)9-14-17-16-13-6-4-5-7-19(13)14/h12H,4-11H2,1-3H3/t12-/m0/s1. The van der Waals surface area contributed by atoms with Crippen molar-refractivity contribution in [3.8, 4) is 0 Å². The number of methoxy groups -OCH3 is 1. The smallest absolute Gasteiger partial charge is 0.147 e. The highest BCUT2D eigenvalue weighted by molar-refractivity contribution is 5.00. The van der Waals surface area contributed by atoms with Crippen molar-refractivity contribution in [3.63, 3.8) is 0 Å². The number of ether oxygens (including phenoxy) is 2. The highest BCUT2D eigenvalue weighted by Crippen LogP contribution is 2.23. The number of hydrogen-bond donors (Lipinski definition) is 0. The first-order chi connectivity index (χ1) is 10.1. The van der Waals surface area contributed by atoms with Crippen LogP contribution in [0.15, 0.2) is 0 Å². The molecule has 0 aromatic carbocycles. The fourth-order valence-corrected chi connectivity index (χ4v) is 3.50. The summed E-state index contributed by atoms with van der Waals surface area (Å²) in [6, 6.07) is 0. The Morgan fingerprint density at radius 2 is 2.19 bits per heavy atom. The number of aromatic nitrogens is 3. The normalized spacial score (nSPS) is 25.8. The van der Waals surface area contributed by atoms with Gasteiger partial charge < -0.3 is 14.0 Å². The molecule has 1 fully saturated rings. The minimum atomic E-state index is -0.147. The van der Waals surface area contributed by atoms with Crippen molar-refractivity contribution in [1.29, 1.82) is 0 Å². The first-order valence-electron chi connectivity index (χ1n) is 7.87. The lowest BCUT2D eigenvalue weighted by molar-refractivity contribution is -0.154. The first kappa shape index (κ1) is 14.9. The average molecular weight is 294 g/mol.